The zero-order valence-electron chi connectivity index (χ0n) is 18.2. The molecule has 2 aromatic carbocycles. The minimum Gasteiger partial charge on any atom is -0.497 e. The molecular formula is C24H25N3O5. The van der Waals surface area contributed by atoms with Gasteiger partial charge in [0.15, 0.2) is 0 Å². The smallest absolute Gasteiger partial charge is 0.269 e. The van der Waals surface area contributed by atoms with E-state index in [1.165, 1.54) is 13.3 Å². The third-order valence-corrected chi connectivity index (χ3v) is 4.68. The van der Waals surface area contributed by atoms with E-state index >= 15 is 0 Å². The van der Waals surface area contributed by atoms with E-state index in [9.17, 15) is 9.59 Å². The number of nitrogens with zero attached hydrogens (tertiary/aromatic N) is 1. The zero-order valence-corrected chi connectivity index (χ0v) is 18.2. The summed E-state index contributed by atoms with van der Waals surface area (Å²) in [6.07, 6.45) is 2.13. The van der Waals surface area contributed by atoms with Gasteiger partial charge in [-0.25, -0.2) is 0 Å². The summed E-state index contributed by atoms with van der Waals surface area (Å²) in [6, 6.07) is 15.9. The van der Waals surface area contributed by atoms with E-state index in [0.29, 0.717) is 41.5 Å². The van der Waals surface area contributed by atoms with E-state index in [0.717, 1.165) is 5.56 Å². The molecule has 8 heteroatoms. The maximum atomic E-state index is 12.5. The SMILES string of the molecule is CNC(=O)c1cc(Oc2cccc(CCNC(=O)c3ccc(OC)cc3OC)c2)ccn1. The highest BCUT2D eigenvalue weighted by Crippen LogP contribution is 2.25. The Morgan fingerprint density at radius 1 is 0.906 bits per heavy atom. The van der Waals surface area contributed by atoms with E-state index in [2.05, 4.69) is 15.6 Å². The van der Waals surface area contributed by atoms with Crippen LogP contribution in [0.3, 0.4) is 0 Å². The average molecular weight is 435 g/mol. The number of hydrogen-bond acceptors (Lipinski definition) is 6. The van der Waals surface area contributed by atoms with Crippen LogP contribution in [-0.2, 0) is 6.42 Å². The van der Waals surface area contributed by atoms with Crippen LogP contribution >= 0.6 is 0 Å². The Kier molecular flexibility index (Phi) is 7.64. The minimum absolute atomic E-state index is 0.226. The lowest BCUT2D eigenvalue weighted by Gasteiger charge is -2.11. The number of ether oxygens (including phenoxy) is 3. The Morgan fingerprint density at radius 3 is 2.47 bits per heavy atom. The summed E-state index contributed by atoms with van der Waals surface area (Å²) >= 11 is 0. The van der Waals surface area contributed by atoms with Crippen LogP contribution in [0.1, 0.15) is 26.4 Å². The molecule has 1 aromatic heterocycles. The Morgan fingerprint density at radius 2 is 1.72 bits per heavy atom. The van der Waals surface area contributed by atoms with Gasteiger partial charge in [0.25, 0.3) is 11.8 Å². The molecule has 0 spiro atoms. The molecule has 0 atom stereocenters. The summed E-state index contributed by atoms with van der Waals surface area (Å²) < 4.78 is 16.3. The second-order valence-electron chi connectivity index (χ2n) is 6.78. The van der Waals surface area contributed by atoms with E-state index < -0.39 is 0 Å². The van der Waals surface area contributed by atoms with Gasteiger partial charge in [-0.2, -0.15) is 0 Å². The molecule has 166 valence electrons. The number of hydrogen-bond donors (Lipinski definition) is 2. The van der Waals surface area contributed by atoms with Gasteiger partial charge in [0.1, 0.15) is 28.7 Å². The predicted molar refractivity (Wildman–Crippen MR) is 120 cm³/mol. The Hall–Kier alpha value is -4.07. The largest absolute Gasteiger partial charge is 0.497 e. The fraction of sp³-hybridized carbons (Fsp3) is 0.208. The molecule has 3 aromatic rings. The molecule has 0 aliphatic heterocycles. The lowest BCUT2D eigenvalue weighted by atomic mass is 10.1. The minimum atomic E-state index is -0.284. The number of carbonyl (C=O) groups is 2. The summed E-state index contributed by atoms with van der Waals surface area (Å²) in [5.41, 5.74) is 1.71. The third-order valence-electron chi connectivity index (χ3n) is 4.68. The highest BCUT2D eigenvalue weighted by atomic mass is 16.5. The molecule has 0 saturated heterocycles. The maximum Gasteiger partial charge on any atom is 0.269 e. The van der Waals surface area contributed by atoms with Gasteiger partial charge in [0, 0.05) is 31.9 Å². The number of methoxy groups -OCH3 is 2. The standard InChI is InChI=1S/C24H25N3O5/c1-25-24(29)21-14-19(10-12-26-21)32-18-6-4-5-16(13-18)9-11-27-23(28)20-8-7-17(30-2)15-22(20)31-3/h4-8,10,12-15H,9,11H2,1-3H3,(H,25,29)(H,27,28). The summed E-state index contributed by atoms with van der Waals surface area (Å²) in [5, 5.41) is 5.43. The van der Waals surface area contributed by atoms with Crippen molar-refractivity contribution < 1.29 is 23.8 Å². The van der Waals surface area contributed by atoms with Crippen LogP contribution in [0.2, 0.25) is 0 Å². The van der Waals surface area contributed by atoms with Crippen molar-refractivity contribution in [2.24, 2.45) is 0 Å². The molecule has 0 bridgehead atoms. The molecular weight excluding hydrogens is 410 g/mol. The Bertz CT molecular complexity index is 1100. The van der Waals surface area contributed by atoms with Gasteiger partial charge < -0.3 is 24.8 Å². The summed E-state index contributed by atoms with van der Waals surface area (Å²) in [5.74, 6) is 1.69. The molecule has 0 aliphatic rings. The Labute approximate surface area is 186 Å². The molecule has 0 saturated carbocycles. The lowest BCUT2D eigenvalue weighted by Crippen LogP contribution is -2.26. The summed E-state index contributed by atoms with van der Waals surface area (Å²) in [6.45, 7) is 0.438. The van der Waals surface area contributed by atoms with E-state index in [1.807, 2.05) is 24.3 Å². The summed E-state index contributed by atoms with van der Waals surface area (Å²) in [7, 11) is 4.61. The van der Waals surface area contributed by atoms with E-state index in [4.69, 9.17) is 14.2 Å². The first-order valence-corrected chi connectivity index (χ1v) is 9.99. The van der Waals surface area contributed by atoms with Crippen LogP contribution in [0.25, 0.3) is 0 Å². The second-order valence-corrected chi connectivity index (χ2v) is 6.78. The molecule has 0 radical (unpaired) electrons. The van der Waals surface area contributed by atoms with Crippen molar-refractivity contribution in [3.05, 3.63) is 77.6 Å². The number of carbonyl (C=O) groups excluding carboxylic acids is 2. The number of nitrogens with one attached hydrogen (secondary N) is 2. The first-order chi connectivity index (χ1) is 15.5. The highest BCUT2D eigenvalue weighted by molar-refractivity contribution is 5.97. The van der Waals surface area contributed by atoms with Crippen molar-refractivity contribution in [3.63, 3.8) is 0 Å². The van der Waals surface area contributed by atoms with Crippen LogP contribution < -0.4 is 24.8 Å². The molecule has 2 amide bonds. The van der Waals surface area contributed by atoms with Gasteiger partial charge in [-0.1, -0.05) is 12.1 Å². The number of aromatic nitrogens is 1. The highest BCUT2D eigenvalue weighted by Gasteiger charge is 2.13. The fourth-order valence-electron chi connectivity index (χ4n) is 3.03. The van der Waals surface area contributed by atoms with Crippen molar-refractivity contribution in [1.29, 1.82) is 0 Å². The topological polar surface area (TPSA) is 98.8 Å². The van der Waals surface area contributed by atoms with Gasteiger partial charge in [-0.15, -0.1) is 0 Å². The number of benzene rings is 2. The van der Waals surface area contributed by atoms with Crippen molar-refractivity contribution in [2.45, 2.75) is 6.42 Å². The normalized spacial score (nSPS) is 10.2. The molecule has 3 rings (SSSR count). The molecule has 2 N–H and O–H groups in total. The van der Waals surface area contributed by atoms with Gasteiger partial charge in [-0.05, 0) is 42.3 Å². The average Bonchev–Trinajstić information content (AvgIpc) is 2.83. The van der Waals surface area contributed by atoms with Crippen LogP contribution in [0.15, 0.2) is 60.8 Å². The molecule has 0 aliphatic carbocycles. The number of rotatable bonds is 9. The van der Waals surface area contributed by atoms with Crippen LogP contribution in [0.4, 0.5) is 0 Å². The van der Waals surface area contributed by atoms with Gasteiger partial charge in [0.2, 0.25) is 0 Å². The molecule has 32 heavy (non-hydrogen) atoms. The van der Waals surface area contributed by atoms with Gasteiger partial charge in [-0.3, -0.25) is 14.6 Å². The molecule has 8 nitrogen and oxygen atoms in total. The molecule has 0 unspecified atom stereocenters. The summed E-state index contributed by atoms with van der Waals surface area (Å²) in [4.78, 5) is 28.3. The van der Waals surface area contributed by atoms with Gasteiger partial charge >= 0.3 is 0 Å². The lowest BCUT2D eigenvalue weighted by molar-refractivity contribution is 0.0945. The quantitative estimate of drug-likeness (QED) is 0.536. The second kappa shape index (κ2) is 10.8. The van der Waals surface area contributed by atoms with Crippen molar-refractivity contribution in [2.75, 3.05) is 27.8 Å². The van der Waals surface area contributed by atoms with Crippen molar-refractivity contribution in [1.82, 2.24) is 15.6 Å². The monoisotopic (exact) mass is 435 g/mol. The van der Waals surface area contributed by atoms with E-state index in [-0.39, 0.29) is 17.5 Å². The van der Waals surface area contributed by atoms with Crippen molar-refractivity contribution in [3.8, 4) is 23.0 Å². The first kappa shape index (κ1) is 22.6. The number of pyridine rings is 1. The Balaban J connectivity index is 1.60. The first-order valence-electron chi connectivity index (χ1n) is 9.99. The molecule has 0 fully saturated rings. The van der Waals surface area contributed by atoms with Crippen LogP contribution in [-0.4, -0.2) is 44.6 Å². The van der Waals surface area contributed by atoms with Crippen LogP contribution in [0.5, 0.6) is 23.0 Å². The van der Waals surface area contributed by atoms with Crippen molar-refractivity contribution >= 4 is 11.8 Å². The van der Waals surface area contributed by atoms with Crippen LogP contribution in [0, 0.1) is 0 Å². The van der Waals surface area contributed by atoms with E-state index in [1.54, 1.807) is 44.5 Å². The molecule has 1 heterocycles. The predicted octanol–water partition coefficient (Wildman–Crippen LogP) is 3.22. The fourth-order valence-corrected chi connectivity index (χ4v) is 3.03. The third kappa shape index (κ3) is 5.75. The van der Waals surface area contributed by atoms with Gasteiger partial charge in [0.05, 0.1) is 19.8 Å². The maximum absolute atomic E-state index is 12.5. The zero-order chi connectivity index (χ0) is 22.9. The number of amides is 2.